The summed E-state index contributed by atoms with van der Waals surface area (Å²) >= 11 is 0. The molecule has 25 heavy (non-hydrogen) atoms. The highest BCUT2D eigenvalue weighted by atomic mass is 16.5. The van der Waals surface area contributed by atoms with Crippen molar-refractivity contribution in [1.29, 1.82) is 0 Å². The number of β-lactam (4-membered cyclic amide) rings is 1. The first kappa shape index (κ1) is 15.7. The summed E-state index contributed by atoms with van der Waals surface area (Å²) in [4.78, 5) is 26.2. The Kier molecular flexibility index (Phi) is 3.92. The molecule has 2 heterocycles. The van der Waals surface area contributed by atoms with Gasteiger partial charge < -0.3 is 14.4 Å². The van der Waals surface area contributed by atoms with Crippen molar-refractivity contribution in [2.45, 2.75) is 19.4 Å². The number of amides is 1. The summed E-state index contributed by atoms with van der Waals surface area (Å²) in [6.45, 7) is 2.67. The molecule has 0 bridgehead atoms. The number of benzene rings is 2. The van der Waals surface area contributed by atoms with Crippen LogP contribution in [0.25, 0.3) is 0 Å². The maximum atomic E-state index is 12.7. The van der Waals surface area contributed by atoms with Gasteiger partial charge in [-0.1, -0.05) is 18.2 Å². The van der Waals surface area contributed by atoms with E-state index in [1.54, 1.807) is 36.1 Å². The molecular formula is C20H19NO4. The lowest BCUT2D eigenvalue weighted by Crippen LogP contribution is -2.55. The number of esters is 1. The van der Waals surface area contributed by atoms with Crippen LogP contribution in [0.4, 0.5) is 5.69 Å². The molecule has 2 aliphatic heterocycles. The van der Waals surface area contributed by atoms with Crippen molar-refractivity contribution in [2.24, 2.45) is 5.92 Å². The molecule has 0 aromatic heterocycles. The summed E-state index contributed by atoms with van der Waals surface area (Å²) in [5, 5.41) is 0. The fourth-order valence-electron chi connectivity index (χ4n) is 3.60. The Morgan fingerprint density at radius 2 is 1.96 bits per heavy atom. The largest absolute Gasteiger partial charge is 0.493 e. The first-order valence-corrected chi connectivity index (χ1v) is 8.52. The molecule has 128 valence electrons. The zero-order valence-corrected chi connectivity index (χ0v) is 14.0. The molecule has 1 amide bonds. The standard InChI is InChI=1S/C20H19NO4/c1-2-24-20(23)13-7-9-14(10-8-13)21-18-15-5-3-4-6-17(15)25-12-11-16(18)19(21)22/h3-10,16,18H,2,11-12H2,1H3. The number of fused-ring (bicyclic) bond motifs is 3. The van der Waals surface area contributed by atoms with Crippen molar-refractivity contribution in [3.8, 4) is 5.75 Å². The Balaban J connectivity index is 1.65. The lowest BCUT2D eigenvalue weighted by Gasteiger charge is -2.46. The van der Waals surface area contributed by atoms with Gasteiger partial charge in [-0.25, -0.2) is 4.79 Å². The molecule has 2 atom stereocenters. The minimum absolute atomic E-state index is 0.0142. The lowest BCUT2D eigenvalue weighted by atomic mass is 9.80. The van der Waals surface area contributed by atoms with Gasteiger partial charge in [0.15, 0.2) is 0 Å². The number of anilines is 1. The highest BCUT2D eigenvalue weighted by Gasteiger charge is 2.50. The summed E-state index contributed by atoms with van der Waals surface area (Å²) in [5.74, 6) is 0.549. The Labute approximate surface area is 146 Å². The van der Waals surface area contributed by atoms with E-state index in [9.17, 15) is 9.59 Å². The van der Waals surface area contributed by atoms with Crippen LogP contribution in [0.2, 0.25) is 0 Å². The first-order valence-electron chi connectivity index (χ1n) is 8.52. The first-order chi connectivity index (χ1) is 12.2. The van der Waals surface area contributed by atoms with Gasteiger partial charge in [0.2, 0.25) is 5.91 Å². The second kappa shape index (κ2) is 6.24. The van der Waals surface area contributed by atoms with Crippen LogP contribution >= 0.6 is 0 Å². The van der Waals surface area contributed by atoms with E-state index in [-0.39, 0.29) is 23.8 Å². The van der Waals surface area contributed by atoms with Crippen LogP contribution in [-0.2, 0) is 9.53 Å². The SMILES string of the molecule is CCOC(=O)c1ccc(N2C(=O)C3CCOc4ccccc4C32)cc1. The molecule has 2 aromatic rings. The quantitative estimate of drug-likeness (QED) is 0.637. The number of carbonyl (C=O) groups is 2. The lowest BCUT2D eigenvalue weighted by molar-refractivity contribution is -0.130. The van der Waals surface area contributed by atoms with Crippen molar-refractivity contribution in [1.82, 2.24) is 0 Å². The molecule has 1 fully saturated rings. The number of hydrogen-bond acceptors (Lipinski definition) is 4. The number of ether oxygens (including phenoxy) is 2. The number of carbonyl (C=O) groups excluding carboxylic acids is 2. The highest BCUT2D eigenvalue weighted by molar-refractivity contribution is 6.04. The molecule has 0 N–H and O–H groups in total. The monoisotopic (exact) mass is 337 g/mol. The minimum atomic E-state index is -0.352. The normalized spacial score (nSPS) is 21.3. The smallest absolute Gasteiger partial charge is 0.338 e. The van der Waals surface area contributed by atoms with Gasteiger partial charge in [-0.05, 0) is 43.7 Å². The van der Waals surface area contributed by atoms with Crippen molar-refractivity contribution in [3.05, 3.63) is 59.7 Å². The molecule has 0 radical (unpaired) electrons. The Bertz CT molecular complexity index is 815. The Hall–Kier alpha value is -2.82. The molecular weight excluding hydrogens is 318 g/mol. The second-order valence-electron chi connectivity index (χ2n) is 6.20. The van der Waals surface area contributed by atoms with Crippen LogP contribution in [0.1, 0.15) is 35.3 Å². The summed E-state index contributed by atoms with van der Waals surface area (Å²) in [7, 11) is 0. The van der Waals surface area contributed by atoms with Crippen LogP contribution in [0, 0.1) is 5.92 Å². The molecule has 1 saturated heterocycles. The topological polar surface area (TPSA) is 55.8 Å². The van der Waals surface area contributed by atoms with E-state index in [0.29, 0.717) is 18.8 Å². The van der Waals surface area contributed by atoms with Crippen LogP contribution in [0.3, 0.4) is 0 Å². The third-order valence-corrected chi connectivity index (χ3v) is 4.79. The molecule has 0 aliphatic carbocycles. The van der Waals surface area contributed by atoms with Crippen LogP contribution in [-0.4, -0.2) is 25.1 Å². The highest BCUT2D eigenvalue weighted by Crippen LogP contribution is 2.49. The minimum Gasteiger partial charge on any atom is -0.493 e. The predicted octanol–water partition coefficient (Wildman–Crippen LogP) is 3.35. The van der Waals surface area contributed by atoms with Gasteiger partial charge in [0.05, 0.1) is 30.7 Å². The number of hydrogen-bond donors (Lipinski definition) is 0. The molecule has 5 nitrogen and oxygen atoms in total. The number of para-hydroxylation sites is 1. The average Bonchev–Trinajstić information content (AvgIpc) is 2.80. The molecule has 2 aromatic carbocycles. The zero-order chi connectivity index (χ0) is 17.4. The van der Waals surface area contributed by atoms with E-state index < -0.39 is 0 Å². The van der Waals surface area contributed by atoms with Gasteiger partial charge >= 0.3 is 5.97 Å². The van der Waals surface area contributed by atoms with Gasteiger partial charge in [0.25, 0.3) is 0 Å². The van der Waals surface area contributed by atoms with Crippen molar-refractivity contribution < 1.29 is 19.1 Å². The fraction of sp³-hybridized carbons (Fsp3) is 0.300. The maximum Gasteiger partial charge on any atom is 0.338 e. The van der Waals surface area contributed by atoms with Crippen molar-refractivity contribution in [3.63, 3.8) is 0 Å². The Morgan fingerprint density at radius 3 is 2.72 bits per heavy atom. The molecule has 4 rings (SSSR count). The summed E-state index contributed by atoms with van der Waals surface area (Å²) in [5.41, 5.74) is 2.31. The van der Waals surface area contributed by atoms with Gasteiger partial charge in [-0.3, -0.25) is 4.79 Å². The maximum absolute atomic E-state index is 12.7. The van der Waals surface area contributed by atoms with E-state index >= 15 is 0 Å². The third-order valence-electron chi connectivity index (χ3n) is 4.79. The van der Waals surface area contributed by atoms with E-state index in [4.69, 9.17) is 9.47 Å². The summed E-state index contributed by atoms with van der Waals surface area (Å²) in [6.07, 6.45) is 0.718. The van der Waals surface area contributed by atoms with E-state index in [0.717, 1.165) is 23.4 Å². The Morgan fingerprint density at radius 1 is 1.20 bits per heavy atom. The third kappa shape index (κ3) is 2.56. The van der Waals surface area contributed by atoms with Crippen LogP contribution in [0.5, 0.6) is 5.75 Å². The van der Waals surface area contributed by atoms with E-state index in [1.165, 1.54) is 0 Å². The van der Waals surface area contributed by atoms with E-state index in [1.807, 2.05) is 24.3 Å². The van der Waals surface area contributed by atoms with Gasteiger partial charge in [-0.15, -0.1) is 0 Å². The van der Waals surface area contributed by atoms with Crippen molar-refractivity contribution >= 4 is 17.6 Å². The number of nitrogens with zero attached hydrogens (tertiary/aromatic N) is 1. The molecule has 2 aliphatic rings. The van der Waals surface area contributed by atoms with Crippen LogP contribution < -0.4 is 9.64 Å². The summed E-state index contributed by atoms with van der Waals surface area (Å²) in [6, 6.07) is 14.9. The van der Waals surface area contributed by atoms with Gasteiger partial charge in [-0.2, -0.15) is 0 Å². The van der Waals surface area contributed by atoms with E-state index in [2.05, 4.69) is 0 Å². The van der Waals surface area contributed by atoms with Crippen LogP contribution in [0.15, 0.2) is 48.5 Å². The molecule has 2 unspecified atom stereocenters. The molecule has 5 heteroatoms. The zero-order valence-electron chi connectivity index (χ0n) is 14.0. The van der Waals surface area contributed by atoms with Gasteiger partial charge in [0.1, 0.15) is 5.75 Å². The van der Waals surface area contributed by atoms with Crippen molar-refractivity contribution in [2.75, 3.05) is 18.1 Å². The molecule has 0 spiro atoms. The number of rotatable bonds is 3. The summed E-state index contributed by atoms with van der Waals surface area (Å²) < 4.78 is 10.8. The van der Waals surface area contributed by atoms with Gasteiger partial charge in [0, 0.05) is 11.3 Å². The second-order valence-corrected chi connectivity index (χ2v) is 6.20. The molecule has 0 saturated carbocycles. The average molecular weight is 337 g/mol. The predicted molar refractivity (Wildman–Crippen MR) is 92.7 cm³/mol. The fourth-order valence-corrected chi connectivity index (χ4v) is 3.60.